The fourth-order valence-electron chi connectivity index (χ4n) is 1.68. The first-order chi connectivity index (χ1) is 7.42. The van der Waals surface area contributed by atoms with Crippen LogP contribution in [-0.2, 0) is 4.74 Å². The Morgan fingerprint density at radius 1 is 1.47 bits per heavy atom. The minimum absolute atomic E-state index is 0.647. The topological polar surface area (TPSA) is 34.6 Å². The number of aromatic nitrogens is 1. The van der Waals surface area contributed by atoms with Gasteiger partial charge in [-0.15, -0.1) is 0 Å². The van der Waals surface area contributed by atoms with Gasteiger partial charge in [0, 0.05) is 19.3 Å². The fourth-order valence-corrected chi connectivity index (χ4v) is 1.68. The number of nitrogens with zero attached hydrogens (tertiary/aromatic N) is 2. The summed E-state index contributed by atoms with van der Waals surface area (Å²) < 4.78 is 10.8. The van der Waals surface area contributed by atoms with Gasteiger partial charge in [0.25, 0.3) is 0 Å². The predicted molar refractivity (Wildman–Crippen MR) is 58.4 cm³/mol. The molecule has 15 heavy (non-hydrogen) atoms. The summed E-state index contributed by atoms with van der Waals surface area (Å²) >= 11 is 0. The molecule has 0 atom stereocenters. The second-order valence-corrected chi connectivity index (χ2v) is 3.36. The molecule has 82 valence electrons. The summed E-state index contributed by atoms with van der Waals surface area (Å²) in [7, 11) is 0. The van der Waals surface area contributed by atoms with E-state index < -0.39 is 0 Å². The highest BCUT2D eigenvalue weighted by Gasteiger charge is 2.15. The quantitative estimate of drug-likeness (QED) is 0.750. The first-order valence-electron chi connectivity index (χ1n) is 5.32. The van der Waals surface area contributed by atoms with Crippen molar-refractivity contribution in [3.8, 4) is 5.88 Å². The van der Waals surface area contributed by atoms with E-state index in [2.05, 4.69) is 9.88 Å². The van der Waals surface area contributed by atoms with E-state index in [0.29, 0.717) is 6.61 Å². The second kappa shape index (κ2) is 4.98. The number of pyridine rings is 1. The SMILES string of the molecule is CCOc1ncccc1N1CCOCC1. The zero-order valence-corrected chi connectivity index (χ0v) is 8.98. The first kappa shape index (κ1) is 10.2. The van der Waals surface area contributed by atoms with Gasteiger partial charge in [-0.3, -0.25) is 0 Å². The van der Waals surface area contributed by atoms with E-state index in [1.807, 2.05) is 19.1 Å². The highest BCUT2D eigenvalue weighted by molar-refractivity contribution is 5.54. The van der Waals surface area contributed by atoms with Crippen molar-refractivity contribution in [2.45, 2.75) is 6.92 Å². The third-order valence-corrected chi connectivity index (χ3v) is 2.38. The average molecular weight is 208 g/mol. The van der Waals surface area contributed by atoms with Crippen molar-refractivity contribution in [3.63, 3.8) is 0 Å². The minimum atomic E-state index is 0.647. The van der Waals surface area contributed by atoms with E-state index >= 15 is 0 Å². The molecule has 1 saturated heterocycles. The van der Waals surface area contributed by atoms with Crippen molar-refractivity contribution >= 4 is 5.69 Å². The van der Waals surface area contributed by atoms with Crippen molar-refractivity contribution in [1.29, 1.82) is 0 Å². The maximum atomic E-state index is 5.50. The van der Waals surface area contributed by atoms with E-state index in [0.717, 1.165) is 37.9 Å². The molecule has 4 nitrogen and oxygen atoms in total. The molecule has 1 fully saturated rings. The van der Waals surface area contributed by atoms with Gasteiger partial charge >= 0.3 is 0 Å². The molecule has 0 aromatic carbocycles. The lowest BCUT2D eigenvalue weighted by Gasteiger charge is -2.29. The van der Waals surface area contributed by atoms with Crippen LogP contribution in [0.15, 0.2) is 18.3 Å². The van der Waals surface area contributed by atoms with Crippen LogP contribution in [0.4, 0.5) is 5.69 Å². The van der Waals surface area contributed by atoms with Crippen LogP contribution < -0.4 is 9.64 Å². The van der Waals surface area contributed by atoms with E-state index in [4.69, 9.17) is 9.47 Å². The Hall–Kier alpha value is -1.29. The maximum absolute atomic E-state index is 5.50. The number of anilines is 1. The Balaban J connectivity index is 2.17. The van der Waals surface area contributed by atoms with Gasteiger partial charge in [0.05, 0.1) is 19.8 Å². The molecule has 1 aromatic heterocycles. The summed E-state index contributed by atoms with van der Waals surface area (Å²) in [6, 6.07) is 3.98. The van der Waals surface area contributed by atoms with E-state index in [9.17, 15) is 0 Å². The zero-order chi connectivity index (χ0) is 10.5. The van der Waals surface area contributed by atoms with Gasteiger partial charge in [-0.2, -0.15) is 0 Å². The van der Waals surface area contributed by atoms with Crippen LogP contribution >= 0.6 is 0 Å². The highest BCUT2D eigenvalue weighted by atomic mass is 16.5. The lowest BCUT2D eigenvalue weighted by Crippen LogP contribution is -2.36. The molecular formula is C11H16N2O2. The Labute approximate surface area is 89.8 Å². The van der Waals surface area contributed by atoms with Crippen LogP contribution in [0, 0.1) is 0 Å². The number of morpholine rings is 1. The predicted octanol–water partition coefficient (Wildman–Crippen LogP) is 1.32. The van der Waals surface area contributed by atoms with Crippen LogP contribution in [0.25, 0.3) is 0 Å². The lowest BCUT2D eigenvalue weighted by molar-refractivity contribution is 0.122. The molecule has 1 aromatic rings. The highest BCUT2D eigenvalue weighted by Crippen LogP contribution is 2.25. The van der Waals surface area contributed by atoms with E-state index in [1.165, 1.54) is 0 Å². The van der Waals surface area contributed by atoms with Gasteiger partial charge in [-0.25, -0.2) is 4.98 Å². The molecule has 1 aliphatic heterocycles. The van der Waals surface area contributed by atoms with Gasteiger partial charge < -0.3 is 14.4 Å². The molecule has 0 aliphatic carbocycles. The monoisotopic (exact) mass is 208 g/mol. The fraction of sp³-hybridized carbons (Fsp3) is 0.545. The molecule has 0 radical (unpaired) electrons. The standard InChI is InChI=1S/C11H16N2O2/c1-2-15-11-10(4-3-5-12-11)13-6-8-14-9-7-13/h3-5H,2,6-9H2,1H3. The first-order valence-corrected chi connectivity index (χ1v) is 5.32. The van der Waals surface area contributed by atoms with Crippen molar-refractivity contribution in [1.82, 2.24) is 4.98 Å². The number of hydrogen-bond donors (Lipinski definition) is 0. The summed E-state index contributed by atoms with van der Waals surface area (Å²) in [5, 5.41) is 0. The summed E-state index contributed by atoms with van der Waals surface area (Å²) in [4.78, 5) is 6.49. The molecule has 0 unspecified atom stereocenters. The Kier molecular flexibility index (Phi) is 3.40. The average Bonchev–Trinajstić information content (AvgIpc) is 2.31. The molecule has 0 bridgehead atoms. The summed E-state index contributed by atoms with van der Waals surface area (Å²) in [6.07, 6.45) is 1.76. The molecule has 4 heteroatoms. The van der Waals surface area contributed by atoms with Gasteiger partial charge in [0.15, 0.2) is 0 Å². The molecule has 0 saturated carbocycles. The normalized spacial score (nSPS) is 16.5. The molecule has 1 aliphatic rings. The van der Waals surface area contributed by atoms with Crippen LogP contribution in [0.3, 0.4) is 0 Å². The molecular weight excluding hydrogens is 192 g/mol. The maximum Gasteiger partial charge on any atom is 0.237 e. The molecule has 2 rings (SSSR count). The van der Waals surface area contributed by atoms with Crippen molar-refractivity contribution in [3.05, 3.63) is 18.3 Å². The van der Waals surface area contributed by atoms with Gasteiger partial charge in [0.2, 0.25) is 5.88 Å². The largest absolute Gasteiger partial charge is 0.476 e. The molecule has 0 N–H and O–H groups in total. The summed E-state index contributed by atoms with van der Waals surface area (Å²) in [6.45, 7) is 5.99. The number of ether oxygens (including phenoxy) is 2. The second-order valence-electron chi connectivity index (χ2n) is 3.36. The van der Waals surface area contributed by atoms with Crippen molar-refractivity contribution < 1.29 is 9.47 Å². The van der Waals surface area contributed by atoms with Gasteiger partial charge in [0.1, 0.15) is 5.69 Å². The zero-order valence-electron chi connectivity index (χ0n) is 8.98. The lowest BCUT2D eigenvalue weighted by atomic mass is 10.3. The van der Waals surface area contributed by atoms with Crippen LogP contribution in [0.1, 0.15) is 6.92 Å². The third kappa shape index (κ3) is 2.39. The third-order valence-electron chi connectivity index (χ3n) is 2.38. The van der Waals surface area contributed by atoms with Crippen LogP contribution in [0.5, 0.6) is 5.88 Å². The van der Waals surface area contributed by atoms with E-state index in [1.54, 1.807) is 6.20 Å². The van der Waals surface area contributed by atoms with Gasteiger partial charge in [-0.05, 0) is 19.1 Å². The summed E-state index contributed by atoms with van der Waals surface area (Å²) in [5.74, 6) is 0.724. The molecule has 0 spiro atoms. The smallest absolute Gasteiger partial charge is 0.237 e. The Morgan fingerprint density at radius 2 is 2.27 bits per heavy atom. The number of hydrogen-bond acceptors (Lipinski definition) is 4. The van der Waals surface area contributed by atoms with E-state index in [-0.39, 0.29) is 0 Å². The van der Waals surface area contributed by atoms with Crippen molar-refractivity contribution in [2.24, 2.45) is 0 Å². The minimum Gasteiger partial charge on any atom is -0.476 e. The van der Waals surface area contributed by atoms with Gasteiger partial charge in [-0.1, -0.05) is 0 Å². The van der Waals surface area contributed by atoms with Crippen LogP contribution in [0.2, 0.25) is 0 Å². The van der Waals surface area contributed by atoms with Crippen molar-refractivity contribution in [2.75, 3.05) is 37.8 Å². The summed E-state index contributed by atoms with van der Waals surface area (Å²) in [5.41, 5.74) is 1.07. The molecule has 2 heterocycles. The Morgan fingerprint density at radius 3 is 3.00 bits per heavy atom. The number of rotatable bonds is 3. The Bertz CT molecular complexity index is 311. The van der Waals surface area contributed by atoms with Crippen LogP contribution in [-0.4, -0.2) is 37.9 Å². The molecule has 0 amide bonds.